The van der Waals surface area contributed by atoms with Gasteiger partial charge in [-0.25, -0.2) is 0 Å². The summed E-state index contributed by atoms with van der Waals surface area (Å²) in [4.78, 5) is 29.6. The predicted octanol–water partition coefficient (Wildman–Crippen LogP) is 1.51. The number of furan rings is 1. The van der Waals surface area contributed by atoms with E-state index >= 15 is 0 Å². The van der Waals surface area contributed by atoms with E-state index in [1.807, 2.05) is 0 Å². The molecule has 3 aromatic rings. The zero-order valence-electron chi connectivity index (χ0n) is 11.6. The molecule has 112 valence electrons. The van der Waals surface area contributed by atoms with Crippen LogP contribution < -0.4 is 10.9 Å². The quantitative estimate of drug-likeness (QED) is 0.754. The van der Waals surface area contributed by atoms with Crippen LogP contribution in [0.25, 0.3) is 11.4 Å². The molecule has 0 bridgehead atoms. The van der Waals surface area contributed by atoms with Crippen molar-refractivity contribution in [1.82, 2.24) is 20.4 Å². The number of aromatic nitrogens is 3. The molecular weight excluding hydrogens is 288 g/mol. The second kappa shape index (κ2) is 5.68. The van der Waals surface area contributed by atoms with Crippen molar-refractivity contribution in [2.45, 2.75) is 13.0 Å². The fraction of sp³-hybridized carbons (Fsp3) is 0.143. The van der Waals surface area contributed by atoms with Crippen molar-refractivity contribution in [3.8, 4) is 11.4 Å². The molecule has 0 radical (unpaired) electrons. The van der Waals surface area contributed by atoms with Gasteiger partial charge in [0.15, 0.2) is 5.76 Å². The molecule has 1 amide bonds. The molecular formula is C14H12N4O4. The first kappa shape index (κ1) is 13.8. The molecule has 0 aromatic carbocycles. The highest BCUT2D eigenvalue weighted by Crippen LogP contribution is 2.17. The SMILES string of the molecule is CC(NC(=O)c1ccco1)c1nc(-c2ccc(=O)[nH]c2)no1. The van der Waals surface area contributed by atoms with E-state index < -0.39 is 6.04 Å². The minimum Gasteiger partial charge on any atom is -0.459 e. The number of carbonyl (C=O) groups is 1. The maximum atomic E-state index is 11.9. The first-order valence-corrected chi connectivity index (χ1v) is 6.50. The van der Waals surface area contributed by atoms with Crippen LogP contribution in [0.4, 0.5) is 0 Å². The molecule has 1 atom stereocenters. The summed E-state index contributed by atoms with van der Waals surface area (Å²) in [7, 11) is 0. The normalized spacial score (nSPS) is 12.0. The van der Waals surface area contributed by atoms with Crippen LogP contribution in [-0.2, 0) is 0 Å². The van der Waals surface area contributed by atoms with Crippen LogP contribution in [0.1, 0.15) is 29.4 Å². The fourth-order valence-corrected chi connectivity index (χ4v) is 1.82. The standard InChI is InChI=1S/C14H12N4O4/c1-8(16-13(20)10-3-2-6-21-10)14-17-12(18-22-14)9-4-5-11(19)15-7-9/h2-8H,1H3,(H,15,19)(H,16,20). The molecule has 3 rings (SSSR count). The van der Waals surface area contributed by atoms with Gasteiger partial charge < -0.3 is 19.2 Å². The van der Waals surface area contributed by atoms with E-state index in [0.717, 1.165) is 0 Å². The average molecular weight is 300 g/mol. The van der Waals surface area contributed by atoms with Gasteiger partial charge in [-0.1, -0.05) is 5.16 Å². The minimum absolute atomic E-state index is 0.201. The Bertz CT molecular complexity index is 814. The topological polar surface area (TPSA) is 114 Å². The molecule has 3 heterocycles. The zero-order valence-corrected chi connectivity index (χ0v) is 11.6. The molecule has 0 aliphatic heterocycles. The summed E-state index contributed by atoms with van der Waals surface area (Å²) in [5.74, 6) is 0.403. The van der Waals surface area contributed by atoms with Gasteiger partial charge in [0.05, 0.1) is 6.26 Å². The second-order valence-corrected chi connectivity index (χ2v) is 4.57. The number of pyridine rings is 1. The Kier molecular flexibility index (Phi) is 3.57. The van der Waals surface area contributed by atoms with E-state index in [2.05, 4.69) is 20.4 Å². The van der Waals surface area contributed by atoms with Gasteiger partial charge in [0.25, 0.3) is 5.91 Å². The Labute approximate surface area is 124 Å². The third-order valence-electron chi connectivity index (χ3n) is 2.95. The van der Waals surface area contributed by atoms with Crippen LogP contribution in [0.15, 0.2) is 50.5 Å². The van der Waals surface area contributed by atoms with E-state index in [4.69, 9.17) is 8.94 Å². The third-order valence-corrected chi connectivity index (χ3v) is 2.95. The van der Waals surface area contributed by atoms with Gasteiger partial charge in [-0.15, -0.1) is 0 Å². The van der Waals surface area contributed by atoms with E-state index in [0.29, 0.717) is 11.4 Å². The van der Waals surface area contributed by atoms with Crippen LogP contribution in [0, 0.1) is 0 Å². The second-order valence-electron chi connectivity index (χ2n) is 4.57. The van der Waals surface area contributed by atoms with Crippen molar-refractivity contribution in [1.29, 1.82) is 0 Å². The van der Waals surface area contributed by atoms with Crippen LogP contribution >= 0.6 is 0 Å². The molecule has 0 saturated heterocycles. The summed E-state index contributed by atoms with van der Waals surface area (Å²) in [6.45, 7) is 1.71. The molecule has 8 heteroatoms. The highest BCUT2D eigenvalue weighted by Gasteiger charge is 2.19. The Morgan fingerprint density at radius 3 is 2.91 bits per heavy atom. The van der Waals surface area contributed by atoms with Crippen LogP contribution in [0.2, 0.25) is 0 Å². The van der Waals surface area contributed by atoms with Crippen molar-refractivity contribution < 1.29 is 13.7 Å². The molecule has 0 aliphatic rings. The van der Waals surface area contributed by atoms with E-state index in [9.17, 15) is 9.59 Å². The highest BCUT2D eigenvalue weighted by molar-refractivity contribution is 5.91. The Hall–Kier alpha value is -3.16. The zero-order chi connectivity index (χ0) is 15.5. The molecule has 0 saturated carbocycles. The summed E-state index contributed by atoms with van der Waals surface area (Å²) >= 11 is 0. The van der Waals surface area contributed by atoms with Crippen molar-refractivity contribution in [3.63, 3.8) is 0 Å². The molecule has 0 spiro atoms. The summed E-state index contributed by atoms with van der Waals surface area (Å²) in [6, 6.07) is 5.65. The lowest BCUT2D eigenvalue weighted by Gasteiger charge is -2.07. The van der Waals surface area contributed by atoms with Gasteiger partial charge in [0.1, 0.15) is 6.04 Å². The number of aromatic amines is 1. The van der Waals surface area contributed by atoms with Gasteiger partial charge in [0, 0.05) is 17.8 Å². The number of hydrogen-bond acceptors (Lipinski definition) is 6. The molecule has 8 nitrogen and oxygen atoms in total. The molecule has 22 heavy (non-hydrogen) atoms. The van der Waals surface area contributed by atoms with Crippen molar-refractivity contribution in [2.75, 3.05) is 0 Å². The van der Waals surface area contributed by atoms with Crippen LogP contribution in [0.3, 0.4) is 0 Å². The fourth-order valence-electron chi connectivity index (χ4n) is 1.82. The number of carbonyl (C=O) groups excluding carboxylic acids is 1. The Morgan fingerprint density at radius 2 is 2.23 bits per heavy atom. The first-order valence-electron chi connectivity index (χ1n) is 6.50. The van der Waals surface area contributed by atoms with Gasteiger partial charge in [-0.05, 0) is 25.1 Å². The molecule has 0 fully saturated rings. The average Bonchev–Trinajstić information content (AvgIpc) is 3.20. The largest absolute Gasteiger partial charge is 0.459 e. The third kappa shape index (κ3) is 2.80. The molecule has 1 unspecified atom stereocenters. The van der Waals surface area contributed by atoms with Gasteiger partial charge >= 0.3 is 0 Å². The Morgan fingerprint density at radius 1 is 1.36 bits per heavy atom. The van der Waals surface area contributed by atoms with E-state index in [1.54, 1.807) is 25.1 Å². The minimum atomic E-state index is -0.485. The lowest BCUT2D eigenvalue weighted by Crippen LogP contribution is -2.26. The maximum Gasteiger partial charge on any atom is 0.287 e. The first-order chi connectivity index (χ1) is 10.6. The summed E-state index contributed by atoms with van der Waals surface area (Å²) in [6.07, 6.45) is 2.91. The number of amides is 1. The van der Waals surface area contributed by atoms with Gasteiger partial charge in [-0.2, -0.15) is 4.98 Å². The van der Waals surface area contributed by atoms with E-state index in [-0.39, 0.29) is 23.1 Å². The number of H-pyrrole nitrogens is 1. The lowest BCUT2D eigenvalue weighted by molar-refractivity contribution is 0.0904. The smallest absolute Gasteiger partial charge is 0.287 e. The Balaban J connectivity index is 1.74. The van der Waals surface area contributed by atoms with Gasteiger partial charge in [-0.3, -0.25) is 9.59 Å². The number of hydrogen-bond donors (Lipinski definition) is 2. The highest BCUT2D eigenvalue weighted by atomic mass is 16.5. The van der Waals surface area contributed by atoms with Crippen molar-refractivity contribution >= 4 is 5.91 Å². The number of rotatable bonds is 4. The number of nitrogens with zero attached hydrogens (tertiary/aromatic N) is 2. The maximum absolute atomic E-state index is 11.9. The molecule has 0 aliphatic carbocycles. The van der Waals surface area contributed by atoms with E-state index in [1.165, 1.54) is 18.5 Å². The predicted molar refractivity (Wildman–Crippen MR) is 74.9 cm³/mol. The van der Waals surface area contributed by atoms with Crippen LogP contribution in [-0.4, -0.2) is 21.0 Å². The van der Waals surface area contributed by atoms with Gasteiger partial charge in [0.2, 0.25) is 17.3 Å². The number of nitrogens with one attached hydrogen (secondary N) is 2. The van der Waals surface area contributed by atoms with Crippen molar-refractivity contribution in [3.05, 3.63) is 58.7 Å². The molecule has 2 N–H and O–H groups in total. The summed E-state index contributed by atoms with van der Waals surface area (Å²) < 4.78 is 10.1. The molecule has 3 aromatic heterocycles. The van der Waals surface area contributed by atoms with Crippen molar-refractivity contribution in [2.24, 2.45) is 0 Å². The van der Waals surface area contributed by atoms with Crippen LogP contribution in [0.5, 0.6) is 0 Å². The summed E-state index contributed by atoms with van der Waals surface area (Å²) in [5, 5.41) is 6.51. The lowest BCUT2D eigenvalue weighted by atomic mass is 10.2. The monoisotopic (exact) mass is 300 g/mol. The summed E-state index contributed by atoms with van der Waals surface area (Å²) in [5.41, 5.74) is 0.394.